The van der Waals surface area contributed by atoms with Crippen LogP contribution < -0.4 is 20.9 Å². The van der Waals surface area contributed by atoms with Crippen molar-refractivity contribution in [2.45, 2.75) is 16.2 Å². The summed E-state index contributed by atoms with van der Waals surface area (Å²) in [6.45, 7) is -0.217. The van der Waals surface area contributed by atoms with Crippen LogP contribution in [0.2, 0.25) is 5.28 Å². The first-order valence-electron chi connectivity index (χ1n) is 17.0. The fraction of sp³-hybridized carbons (Fsp3) is 0.135. The van der Waals surface area contributed by atoms with Crippen LogP contribution in [0, 0.1) is 0 Å². The molecule has 2 heterocycles. The summed E-state index contributed by atoms with van der Waals surface area (Å²) in [5.74, 6) is 0.738. The highest BCUT2D eigenvalue weighted by molar-refractivity contribution is 7.86. The van der Waals surface area contributed by atoms with Gasteiger partial charge < -0.3 is 35.6 Å². The maximum atomic E-state index is 12.5. The molecule has 0 aliphatic heterocycles. The SMILES string of the molecule is O=S([O-])c1cc(Nc2nc(Nc3ccccc3)nc(N(CCO)CCO)n2)ccc1/C=C/c1ccc(Cc2nc(Cl)nc(Nc3ccccc3)n2)cc1S(=O)(=O)O. The van der Waals surface area contributed by atoms with Crippen LogP contribution in [0.5, 0.6) is 0 Å². The molecule has 0 fully saturated rings. The lowest BCUT2D eigenvalue weighted by Crippen LogP contribution is -2.31. The molecule has 294 valence electrons. The molecule has 0 aliphatic rings. The van der Waals surface area contributed by atoms with E-state index in [1.807, 2.05) is 48.5 Å². The Kier molecular flexibility index (Phi) is 13.4. The van der Waals surface area contributed by atoms with Crippen LogP contribution in [0.1, 0.15) is 22.5 Å². The highest BCUT2D eigenvalue weighted by Gasteiger charge is 2.18. The molecule has 57 heavy (non-hydrogen) atoms. The first-order chi connectivity index (χ1) is 27.5. The third kappa shape index (κ3) is 11.3. The van der Waals surface area contributed by atoms with Crippen molar-refractivity contribution in [2.75, 3.05) is 47.2 Å². The Hall–Kier alpha value is -5.93. The fourth-order valence-corrected chi connectivity index (χ4v) is 6.90. The van der Waals surface area contributed by atoms with E-state index < -0.39 is 26.1 Å². The van der Waals surface area contributed by atoms with Crippen molar-refractivity contribution in [1.29, 1.82) is 0 Å². The van der Waals surface area contributed by atoms with Gasteiger partial charge in [-0.05, 0) is 81.8 Å². The maximum Gasteiger partial charge on any atom is 0.295 e. The van der Waals surface area contributed by atoms with Crippen LogP contribution >= 0.6 is 11.6 Å². The molecule has 0 saturated heterocycles. The highest BCUT2D eigenvalue weighted by atomic mass is 35.5. The normalized spacial score (nSPS) is 12.0. The highest BCUT2D eigenvalue weighted by Crippen LogP contribution is 2.27. The fourth-order valence-electron chi connectivity index (χ4n) is 5.43. The van der Waals surface area contributed by atoms with Gasteiger partial charge in [0.25, 0.3) is 10.1 Å². The van der Waals surface area contributed by atoms with Gasteiger partial charge in [0.15, 0.2) is 0 Å². The van der Waals surface area contributed by atoms with Crippen molar-refractivity contribution in [3.8, 4) is 0 Å². The van der Waals surface area contributed by atoms with Crippen LogP contribution in [0.3, 0.4) is 0 Å². The third-order valence-electron chi connectivity index (χ3n) is 7.97. The topological polar surface area (TPSA) is 252 Å². The number of hydrogen-bond donors (Lipinski definition) is 6. The molecule has 0 bridgehead atoms. The van der Waals surface area contributed by atoms with Gasteiger partial charge in [0, 0.05) is 41.5 Å². The maximum absolute atomic E-state index is 12.5. The summed E-state index contributed by atoms with van der Waals surface area (Å²) in [5.41, 5.74) is 2.41. The van der Waals surface area contributed by atoms with Crippen LogP contribution in [0.4, 0.5) is 40.9 Å². The minimum Gasteiger partial charge on any atom is -0.768 e. The number of aromatic nitrogens is 6. The molecule has 1 unspecified atom stereocenters. The number of aliphatic hydroxyl groups excluding tert-OH is 2. The number of aliphatic hydroxyl groups is 2. The Labute approximate surface area is 334 Å². The number of anilines is 7. The van der Waals surface area contributed by atoms with Gasteiger partial charge in [0.2, 0.25) is 29.1 Å². The number of halogens is 1. The van der Waals surface area contributed by atoms with E-state index >= 15 is 0 Å². The average molecular weight is 830 g/mol. The molecular weight excluding hydrogens is 796 g/mol. The first-order valence-corrected chi connectivity index (χ1v) is 19.9. The number of para-hydroxylation sites is 2. The molecule has 17 nitrogen and oxygen atoms in total. The second-order valence-corrected chi connectivity index (χ2v) is 14.7. The molecular formula is C37H34ClN10O7S2-. The summed E-state index contributed by atoms with van der Waals surface area (Å²) >= 11 is 3.39. The summed E-state index contributed by atoms with van der Waals surface area (Å²) in [7, 11) is -4.75. The molecule has 4 aromatic carbocycles. The lowest BCUT2D eigenvalue weighted by atomic mass is 10.1. The summed E-state index contributed by atoms with van der Waals surface area (Å²) in [6, 6.07) is 27.0. The Morgan fingerprint density at radius 1 is 0.702 bits per heavy atom. The number of hydrogen-bond acceptors (Lipinski definition) is 16. The van der Waals surface area contributed by atoms with Crippen LogP contribution in [-0.4, -0.2) is 88.2 Å². The molecule has 6 aromatic rings. The molecule has 6 N–H and O–H groups in total. The zero-order chi connectivity index (χ0) is 40.4. The van der Waals surface area contributed by atoms with Gasteiger partial charge in [-0.2, -0.15) is 33.3 Å². The van der Waals surface area contributed by atoms with E-state index in [1.165, 1.54) is 36.4 Å². The van der Waals surface area contributed by atoms with E-state index in [0.717, 1.165) is 0 Å². The van der Waals surface area contributed by atoms with Gasteiger partial charge >= 0.3 is 0 Å². The predicted octanol–water partition coefficient (Wildman–Crippen LogP) is 4.98. The van der Waals surface area contributed by atoms with Gasteiger partial charge in [0.1, 0.15) is 10.7 Å². The van der Waals surface area contributed by atoms with E-state index in [1.54, 1.807) is 29.2 Å². The second-order valence-electron chi connectivity index (χ2n) is 12.0. The number of benzene rings is 4. The minimum atomic E-state index is -4.75. The first kappa shape index (κ1) is 40.7. The molecule has 6 rings (SSSR count). The Morgan fingerprint density at radius 2 is 1.26 bits per heavy atom. The molecule has 20 heteroatoms. The molecule has 0 spiro atoms. The molecule has 0 radical (unpaired) electrons. The van der Waals surface area contributed by atoms with Crippen molar-refractivity contribution in [2.24, 2.45) is 0 Å². The number of nitrogens with zero attached hydrogens (tertiary/aromatic N) is 7. The van der Waals surface area contributed by atoms with Crippen LogP contribution in [-0.2, 0) is 27.6 Å². The molecule has 2 aromatic heterocycles. The van der Waals surface area contributed by atoms with Gasteiger partial charge in [-0.25, -0.2) is 4.98 Å². The lowest BCUT2D eigenvalue weighted by Gasteiger charge is -2.21. The zero-order valence-electron chi connectivity index (χ0n) is 29.7. The standard InChI is InChI=1S/C37H35ClN10O7S2/c38-33-42-32(43-34(44-33)39-27-7-3-1-4-8-27)22-24-11-12-26(31(21-24)57(53,54)55)14-13-25-15-16-29(23-30(25)56(51)52)41-36-45-35(40-28-9-5-2-6-10-28)46-37(47-36)48(17-19-49)18-20-50/h1-16,21,23,49-50H,17-20,22H2,(H,51,52)(H,53,54,55)(H,39,42,43,44)(H2,40,41,45,46,47)/p-1/b14-13+. The van der Waals surface area contributed by atoms with Gasteiger partial charge in [-0.15, -0.1) is 0 Å². The summed E-state index contributed by atoms with van der Waals surface area (Å²) in [4.78, 5) is 26.9. The second kappa shape index (κ2) is 18.8. The third-order valence-corrected chi connectivity index (χ3v) is 9.76. The Bertz CT molecular complexity index is 2500. The van der Waals surface area contributed by atoms with Crippen LogP contribution in [0.15, 0.2) is 107 Å². The van der Waals surface area contributed by atoms with Crippen molar-refractivity contribution in [1.82, 2.24) is 29.9 Å². The molecule has 0 amide bonds. The number of rotatable bonds is 17. The molecule has 1 atom stereocenters. The molecule has 0 saturated carbocycles. The number of nitrogens with one attached hydrogen (secondary N) is 3. The van der Waals surface area contributed by atoms with Crippen molar-refractivity contribution >= 4 is 85.8 Å². The van der Waals surface area contributed by atoms with Crippen molar-refractivity contribution < 1.29 is 31.9 Å². The monoisotopic (exact) mass is 829 g/mol. The van der Waals surface area contributed by atoms with Crippen molar-refractivity contribution in [3.05, 3.63) is 125 Å². The summed E-state index contributed by atoms with van der Waals surface area (Å²) < 4.78 is 60.1. The average Bonchev–Trinajstić information content (AvgIpc) is 3.17. The summed E-state index contributed by atoms with van der Waals surface area (Å²) in [6.07, 6.45) is 2.81. The lowest BCUT2D eigenvalue weighted by molar-refractivity contribution is 0.280. The van der Waals surface area contributed by atoms with E-state index in [9.17, 15) is 31.9 Å². The Balaban J connectivity index is 1.26. The largest absolute Gasteiger partial charge is 0.768 e. The minimum absolute atomic E-state index is 0.0336. The van der Waals surface area contributed by atoms with E-state index in [-0.39, 0.29) is 89.3 Å². The van der Waals surface area contributed by atoms with Crippen LogP contribution in [0.25, 0.3) is 12.2 Å². The Morgan fingerprint density at radius 3 is 1.84 bits per heavy atom. The quantitative estimate of drug-likeness (QED) is 0.0403. The summed E-state index contributed by atoms with van der Waals surface area (Å²) in [5, 5.41) is 28.2. The van der Waals surface area contributed by atoms with Gasteiger partial charge in [-0.3, -0.25) is 8.76 Å². The predicted molar refractivity (Wildman–Crippen MR) is 215 cm³/mol. The van der Waals surface area contributed by atoms with Gasteiger partial charge in [0.05, 0.1) is 13.2 Å². The van der Waals surface area contributed by atoms with E-state index in [0.29, 0.717) is 16.9 Å². The van der Waals surface area contributed by atoms with Gasteiger partial charge in [-0.1, -0.05) is 66.7 Å². The van der Waals surface area contributed by atoms with E-state index in [4.69, 9.17) is 11.6 Å². The van der Waals surface area contributed by atoms with Crippen molar-refractivity contribution in [3.63, 3.8) is 0 Å². The molecule has 0 aliphatic carbocycles. The smallest absolute Gasteiger partial charge is 0.295 e. The van der Waals surface area contributed by atoms with E-state index in [2.05, 4.69) is 45.9 Å². The zero-order valence-corrected chi connectivity index (χ0v) is 32.1.